The highest BCUT2D eigenvalue weighted by molar-refractivity contribution is 9.10. The van der Waals surface area contributed by atoms with E-state index < -0.39 is 0 Å². The van der Waals surface area contributed by atoms with Crippen molar-refractivity contribution in [1.29, 1.82) is 0 Å². The second kappa shape index (κ2) is 6.80. The molecule has 0 spiro atoms. The molecule has 0 radical (unpaired) electrons. The lowest BCUT2D eigenvalue weighted by atomic mass is 10.2. The topological polar surface area (TPSA) is 76.3 Å². The van der Waals surface area contributed by atoms with E-state index in [1.807, 2.05) is 30.3 Å². The Kier molecular flexibility index (Phi) is 4.47. The molecule has 0 unspecified atom stereocenters. The highest BCUT2D eigenvalue weighted by Gasteiger charge is 2.23. The molecule has 4 rings (SSSR count). The van der Waals surface area contributed by atoms with Crippen molar-refractivity contribution in [1.82, 2.24) is 24.2 Å². The number of nitrogens with zero attached hydrogens (tertiary/aromatic N) is 6. The number of likely N-dealkylation sites (N-methyl/N-ethyl adjacent to an activating group) is 1. The number of amides is 1. The van der Waals surface area contributed by atoms with Crippen molar-refractivity contribution in [2.75, 3.05) is 25.5 Å². The van der Waals surface area contributed by atoms with E-state index in [1.165, 1.54) is 9.58 Å². The fourth-order valence-electron chi connectivity index (χ4n) is 3.13. The Labute approximate surface area is 164 Å². The molecule has 0 atom stereocenters. The smallest absolute Gasteiger partial charge is 0.346 e. The Balaban J connectivity index is 1.60. The molecule has 3 aromatic rings. The van der Waals surface area contributed by atoms with E-state index in [4.69, 9.17) is 4.98 Å². The third kappa shape index (κ3) is 3.34. The zero-order valence-electron chi connectivity index (χ0n) is 15.1. The number of anilines is 1. The highest BCUT2D eigenvalue weighted by Crippen LogP contribution is 2.23. The van der Waals surface area contributed by atoms with Gasteiger partial charge < -0.3 is 9.80 Å². The number of carbonyl (C=O) groups is 1. The molecule has 1 amide bonds. The molecular formula is C18H19BrN6O2. The maximum absolute atomic E-state index is 12.5. The van der Waals surface area contributed by atoms with E-state index in [1.54, 1.807) is 18.7 Å². The average Bonchev–Trinajstić information content (AvgIpc) is 2.96. The van der Waals surface area contributed by atoms with Crippen LogP contribution in [0.3, 0.4) is 0 Å². The molecule has 9 heteroatoms. The average molecular weight is 431 g/mol. The number of hydrogen-bond acceptors (Lipinski definition) is 5. The van der Waals surface area contributed by atoms with Gasteiger partial charge in [-0.15, -0.1) is 0 Å². The van der Waals surface area contributed by atoms with Crippen molar-refractivity contribution in [2.24, 2.45) is 0 Å². The fourth-order valence-corrected chi connectivity index (χ4v) is 3.51. The molecule has 0 N–H and O–H groups in total. The fraction of sp³-hybridized carbons (Fsp3) is 0.333. The van der Waals surface area contributed by atoms with Crippen LogP contribution in [-0.2, 0) is 24.4 Å². The monoisotopic (exact) mass is 430 g/mol. The van der Waals surface area contributed by atoms with Gasteiger partial charge in [0.15, 0.2) is 5.82 Å². The molecule has 1 aliphatic heterocycles. The van der Waals surface area contributed by atoms with Crippen LogP contribution >= 0.6 is 15.9 Å². The number of carbonyl (C=O) groups excluding carboxylic acids is 1. The molecule has 27 heavy (non-hydrogen) atoms. The van der Waals surface area contributed by atoms with Crippen LogP contribution in [0, 0.1) is 0 Å². The van der Waals surface area contributed by atoms with Gasteiger partial charge in [-0.2, -0.15) is 5.10 Å². The van der Waals surface area contributed by atoms with E-state index in [-0.39, 0.29) is 18.1 Å². The molecule has 1 aliphatic rings. The third-order valence-electron chi connectivity index (χ3n) is 4.67. The van der Waals surface area contributed by atoms with Crippen LogP contribution in [0.1, 0.15) is 5.82 Å². The van der Waals surface area contributed by atoms with Gasteiger partial charge in [0, 0.05) is 37.0 Å². The number of pyridine rings is 1. The van der Waals surface area contributed by atoms with Crippen molar-refractivity contribution in [3.63, 3.8) is 0 Å². The first-order valence-electron chi connectivity index (χ1n) is 8.60. The normalized spacial score (nSPS) is 13.7. The summed E-state index contributed by atoms with van der Waals surface area (Å²) < 4.78 is 3.90. The minimum atomic E-state index is -0.240. The maximum Gasteiger partial charge on any atom is 0.346 e. The van der Waals surface area contributed by atoms with Crippen molar-refractivity contribution < 1.29 is 4.79 Å². The van der Waals surface area contributed by atoms with E-state index in [0.717, 1.165) is 21.2 Å². The molecule has 0 fully saturated rings. The van der Waals surface area contributed by atoms with Gasteiger partial charge in [-0.3, -0.25) is 9.36 Å². The van der Waals surface area contributed by atoms with Gasteiger partial charge in [-0.25, -0.2) is 14.5 Å². The number of hydrogen-bond donors (Lipinski definition) is 0. The lowest BCUT2D eigenvalue weighted by molar-refractivity contribution is -0.129. The predicted octanol–water partition coefficient (Wildman–Crippen LogP) is 1.46. The minimum absolute atomic E-state index is 0.0467. The van der Waals surface area contributed by atoms with Crippen LogP contribution in [0.4, 0.5) is 5.82 Å². The van der Waals surface area contributed by atoms with E-state index in [9.17, 15) is 9.59 Å². The number of fused-ring (bicyclic) bond motifs is 2. The zero-order chi connectivity index (χ0) is 19.1. The first kappa shape index (κ1) is 17.7. The lowest BCUT2D eigenvalue weighted by Gasteiger charge is -2.27. The van der Waals surface area contributed by atoms with Crippen molar-refractivity contribution in [2.45, 2.75) is 19.6 Å². The Morgan fingerprint density at radius 2 is 2.04 bits per heavy atom. The zero-order valence-corrected chi connectivity index (χ0v) is 16.7. The molecule has 1 aromatic carbocycles. The Bertz CT molecular complexity index is 1090. The van der Waals surface area contributed by atoms with Crippen molar-refractivity contribution >= 4 is 38.6 Å². The van der Waals surface area contributed by atoms with Crippen LogP contribution in [-0.4, -0.2) is 50.8 Å². The molecule has 2 aromatic heterocycles. The van der Waals surface area contributed by atoms with Crippen LogP contribution < -0.4 is 10.6 Å². The van der Waals surface area contributed by atoms with Crippen LogP contribution in [0.5, 0.6) is 0 Å². The molecule has 0 saturated heterocycles. The number of halogens is 1. The van der Waals surface area contributed by atoms with Crippen molar-refractivity contribution in [3.8, 4) is 0 Å². The van der Waals surface area contributed by atoms with Crippen molar-refractivity contribution in [3.05, 3.63) is 51.1 Å². The summed E-state index contributed by atoms with van der Waals surface area (Å²) in [6, 6.07) is 10.00. The first-order valence-corrected chi connectivity index (χ1v) is 9.39. The summed E-state index contributed by atoms with van der Waals surface area (Å²) in [5.74, 6) is 1.34. The summed E-state index contributed by atoms with van der Waals surface area (Å²) in [6.07, 6.45) is 0. The molecule has 0 saturated carbocycles. The highest BCUT2D eigenvalue weighted by atomic mass is 79.9. The van der Waals surface area contributed by atoms with Gasteiger partial charge in [-0.1, -0.05) is 15.9 Å². The summed E-state index contributed by atoms with van der Waals surface area (Å²) in [6.45, 7) is 1.61. The largest absolute Gasteiger partial charge is 0.347 e. The van der Waals surface area contributed by atoms with E-state index in [2.05, 4.69) is 25.9 Å². The summed E-state index contributed by atoms with van der Waals surface area (Å²) >= 11 is 3.47. The third-order valence-corrected chi connectivity index (χ3v) is 5.16. The van der Waals surface area contributed by atoms with E-state index in [0.29, 0.717) is 25.5 Å². The van der Waals surface area contributed by atoms with Gasteiger partial charge in [0.05, 0.1) is 12.1 Å². The lowest BCUT2D eigenvalue weighted by Crippen LogP contribution is -2.38. The molecule has 140 valence electrons. The van der Waals surface area contributed by atoms with Gasteiger partial charge in [0.25, 0.3) is 0 Å². The Morgan fingerprint density at radius 1 is 1.22 bits per heavy atom. The second-order valence-corrected chi connectivity index (χ2v) is 7.64. The van der Waals surface area contributed by atoms with Crippen LogP contribution in [0.15, 0.2) is 39.6 Å². The summed E-state index contributed by atoms with van der Waals surface area (Å²) in [7, 11) is 3.32. The Hall–Kier alpha value is -2.68. The molecule has 8 nitrogen and oxygen atoms in total. The standard InChI is InChI=1S/C18H19BrN6O2/c1-22(2)17(26)11-25-18(27)24-8-7-23(10-16(24)21-25)15-6-3-12-9-13(19)4-5-14(12)20-15/h3-6,9H,7-8,10-11H2,1-2H3. The van der Waals surface area contributed by atoms with Gasteiger partial charge in [0.1, 0.15) is 12.4 Å². The Morgan fingerprint density at radius 3 is 2.81 bits per heavy atom. The number of benzene rings is 1. The molecular weight excluding hydrogens is 412 g/mol. The van der Waals surface area contributed by atoms with Crippen LogP contribution in [0.2, 0.25) is 0 Å². The summed E-state index contributed by atoms with van der Waals surface area (Å²) in [5, 5.41) is 5.43. The number of aromatic nitrogens is 4. The molecule has 0 aliphatic carbocycles. The summed E-state index contributed by atoms with van der Waals surface area (Å²) in [4.78, 5) is 32.7. The molecule has 3 heterocycles. The predicted molar refractivity (Wildman–Crippen MR) is 106 cm³/mol. The van der Waals surface area contributed by atoms with Gasteiger partial charge in [0.2, 0.25) is 5.91 Å². The molecule has 0 bridgehead atoms. The SMILES string of the molecule is CN(C)C(=O)Cn1nc2n(c1=O)CCN(c1ccc3cc(Br)ccc3n1)C2. The van der Waals surface area contributed by atoms with Crippen LogP contribution in [0.25, 0.3) is 10.9 Å². The quantitative estimate of drug-likeness (QED) is 0.628. The maximum atomic E-state index is 12.5. The second-order valence-electron chi connectivity index (χ2n) is 6.72. The van der Waals surface area contributed by atoms with Gasteiger partial charge >= 0.3 is 5.69 Å². The van der Waals surface area contributed by atoms with Gasteiger partial charge in [-0.05, 0) is 30.3 Å². The first-order chi connectivity index (χ1) is 12.9. The minimum Gasteiger partial charge on any atom is -0.347 e. The van der Waals surface area contributed by atoms with E-state index >= 15 is 0 Å². The number of rotatable bonds is 3. The summed E-state index contributed by atoms with van der Waals surface area (Å²) in [5.41, 5.74) is 0.678.